The molecule has 2 aromatic rings. The number of nitrogens with zero attached hydrogens (tertiary/aromatic N) is 2. The highest BCUT2D eigenvalue weighted by Gasteiger charge is 2.09. The number of rotatable bonds is 5. The predicted molar refractivity (Wildman–Crippen MR) is 73.5 cm³/mol. The molecule has 0 saturated carbocycles. The second-order valence-corrected chi connectivity index (χ2v) is 4.11. The second-order valence-electron chi connectivity index (χ2n) is 4.11. The van der Waals surface area contributed by atoms with Crippen LogP contribution in [-0.4, -0.2) is 16.6 Å². The zero-order chi connectivity index (χ0) is 13.7. The number of anilines is 1. The van der Waals surface area contributed by atoms with Crippen LogP contribution >= 0.6 is 0 Å². The van der Waals surface area contributed by atoms with Crippen molar-refractivity contribution in [2.24, 2.45) is 0 Å². The Bertz CT molecular complexity index is 558. The highest BCUT2D eigenvalue weighted by Crippen LogP contribution is 2.31. The fourth-order valence-corrected chi connectivity index (χ4v) is 1.51. The molecule has 2 rings (SSSR count). The van der Waals surface area contributed by atoms with Gasteiger partial charge in [0, 0.05) is 11.8 Å². The van der Waals surface area contributed by atoms with Gasteiger partial charge in [-0.2, -0.15) is 4.98 Å². The summed E-state index contributed by atoms with van der Waals surface area (Å²) in [5.41, 5.74) is 6.38. The standard InChI is InChI=1S/C14H17N3O2/c1-3-8-18-11-6-4-5-7-12(11)19-13-10(2)9-16-14(15)17-13/h4-7,9H,3,8H2,1-2H3,(H2,15,16,17). The Kier molecular flexibility index (Phi) is 4.18. The Morgan fingerprint density at radius 2 is 1.95 bits per heavy atom. The zero-order valence-electron chi connectivity index (χ0n) is 11.1. The molecule has 0 amide bonds. The predicted octanol–water partition coefficient (Wildman–Crippen LogP) is 2.95. The maximum Gasteiger partial charge on any atom is 0.227 e. The number of nitrogens with two attached hydrogens (primary N) is 1. The molecule has 0 spiro atoms. The van der Waals surface area contributed by atoms with Crippen molar-refractivity contribution < 1.29 is 9.47 Å². The molecule has 0 bridgehead atoms. The summed E-state index contributed by atoms with van der Waals surface area (Å²) in [6.07, 6.45) is 2.57. The van der Waals surface area contributed by atoms with Crippen molar-refractivity contribution in [1.29, 1.82) is 0 Å². The average Bonchev–Trinajstić information content (AvgIpc) is 2.42. The smallest absolute Gasteiger partial charge is 0.227 e. The van der Waals surface area contributed by atoms with E-state index in [1.54, 1.807) is 6.20 Å². The van der Waals surface area contributed by atoms with Crippen LogP contribution in [0.5, 0.6) is 17.4 Å². The number of ether oxygens (including phenoxy) is 2. The number of aromatic nitrogens is 2. The molecule has 0 aliphatic carbocycles. The normalized spacial score (nSPS) is 10.2. The average molecular weight is 259 g/mol. The first-order valence-electron chi connectivity index (χ1n) is 6.19. The molecule has 19 heavy (non-hydrogen) atoms. The number of benzene rings is 1. The molecule has 1 aromatic carbocycles. The van der Waals surface area contributed by atoms with Crippen LogP contribution in [0.25, 0.3) is 0 Å². The lowest BCUT2D eigenvalue weighted by molar-refractivity contribution is 0.300. The van der Waals surface area contributed by atoms with E-state index in [0.29, 0.717) is 24.0 Å². The molecule has 100 valence electrons. The van der Waals surface area contributed by atoms with Gasteiger partial charge >= 0.3 is 0 Å². The van der Waals surface area contributed by atoms with Crippen LogP contribution in [0, 0.1) is 6.92 Å². The van der Waals surface area contributed by atoms with E-state index >= 15 is 0 Å². The third kappa shape index (κ3) is 3.34. The number of hydrogen-bond donors (Lipinski definition) is 1. The topological polar surface area (TPSA) is 70.3 Å². The molecule has 0 unspecified atom stereocenters. The molecule has 0 aliphatic rings. The molecule has 1 heterocycles. The molecule has 5 heteroatoms. The van der Waals surface area contributed by atoms with Gasteiger partial charge in [0.2, 0.25) is 11.8 Å². The van der Waals surface area contributed by atoms with Crippen LogP contribution < -0.4 is 15.2 Å². The Morgan fingerprint density at radius 1 is 1.21 bits per heavy atom. The van der Waals surface area contributed by atoms with E-state index in [-0.39, 0.29) is 5.95 Å². The minimum absolute atomic E-state index is 0.188. The summed E-state index contributed by atoms with van der Waals surface area (Å²) in [6.45, 7) is 4.56. The Morgan fingerprint density at radius 3 is 2.68 bits per heavy atom. The van der Waals surface area contributed by atoms with Gasteiger partial charge in [-0.05, 0) is 25.5 Å². The third-order valence-electron chi connectivity index (χ3n) is 2.46. The first-order valence-corrected chi connectivity index (χ1v) is 6.19. The number of aryl methyl sites for hydroxylation is 1. The van der Waals surface area contributed by atoms with Gasteiger partial charge in [0.1, 0.15) is 0 Å². The molecule has 5 nitrogen and oxygen atoms in total. The monoisotopic (exact) mass is 259 g/mol. The SMILES string of the molecule is CCCOc1ccccc1Oc1nc(N)ncc1C. The number of nitrogen functional groups attached to an aromatic ring is 1. The van der Waals surface area contributed by atoms with Crippen molar-refractivity contribution in [1.82, 2.24) is 9.97 Å². The van der Waals surface area contributed by atoms with Crippen molar-refractivity contribution in [2.75, 3.05) is 12.3 Å². The van der Waals surface area contributed by atoms with E-state index in [9.17, 15) is 0 Å². The van der Waals surface area contributed by atoms with Gasteiger partial charge in [-0.15, -0.1) is 0 Å². The lowest BCUT2D eigenvalue weighted by Gasteiger charge is -2.12. The Labute approximate surface area is 112 Å². The summed E-state index contributed by atoms with van der Waals surface area (Å²) in [6, 6.07) is 7.49. The van der Waals surface area contributed by atoms with Crippen LogP contribution in [0.15, 0.2) is 30.5 Å². The first-order chi connectivity index (χ1) is 9.20. The van der Waals surface area contributed by atoms with Gasteiger partial charge < -0.3 is 15.2 Å². The van der Waals surface area contributed by atoms with E-state index in [4.69, 9.17) is 15.2 Å². The maximum atomic E-state index is 5.76. The van der Waals surface area contributed by atoms with E-state index in [1.165, 1.54) is 0 Å². The summed E-state index contributed by atoms with van der Waals surface area (Å²) in [4.78, 5) is 7.99. The molecular formula is C14H17N3O2. The quantitative estimate of drug-likeness (QED) is 0.893. The summed E-state index contributed by atoms with van der Waals surface area (Å²) in [5, 5.41) is 0. The number of hydrogen-bond acceptors (Lipinski definition) is 5. The minimum atomic E-state index is 0.188. The summed E-state index contributed by atoms with van der Waals surface area (Å²) >= 11 is 0. The molecule has 0 atom stereocenters. The highest BCUT2D eigenvalue weighted by molar-refractivity contribution is 5.43. The summed E-state index contributed by atoms with van der Waals surface area (Å²) in [5.74, 6) is 1.95. The summed E-state index contributed by atoms with van der Waals surface area (Å²) in [7, 11) is 0. The highest BCUT2D eigenvalue weighted by atomic mass is 16.5. The molecule has 0 radical (unpaired) electrons. The van der Waals surface area contributed by atoms with Crippen molar-refractivity contribution in [3.8, 4) is 17.4 Å². The van der Waals surface area contributed by atoms with Crippen LogP contribution in [0.2, 0.25) is 0 Å². The second kappa shape index (κ2) is 6.04. The van der Waals surface area contributed by atoms with Crippen LogP contribution in [0.3, 0.4) is 0 Å². The van der Waals surface area contributed by atoms with Gasteiger partial charge in [-0.25, -0.2) is 4.98 Å². The van der Waals surface area contributed by atoms with E-state index in [2.05, 4.69) is 16.9 Å². The summed E-state index contributed by atoms with van der Waals surface area (Å²) < 4.78 is 11.4. The lowest BCUT2D eigenvalue weighted by atomic mass is 10.3. The molecule has 0 fully saturated rings. The van der Waals surface area contributed by atoms with Crippen molar-refractivity contribution >= 4 is 5.95 Å². The molecule has 0 saturated heterocycles. The van der Waals surface area contributed by atoms with Crippen LogP contribution in [-0.2, 0) is 0 Å². The van der Waals surface area contributed by atoms with Crippen molar-refractivity contribution in [3.63, 3.8) is 0 Å². The number of para-hydroxylation sites is 2. The molecule has 1 aromatic heterocycles. The molecule has 2 N–H and O–H groups in total. The zero-order valence-corrected chi connectivity index (χ0v) is 11.1. The van der Waals surface area contributed by atoms with Crippen LogP contribution in [0.1, 0.15) is 18.9 Å². The Balaban J connectivity index is 2.25. The maximum absolute atomic E-state index is 5.76. The molecular weight excluding hydrogens is 242 g/mol. The van der Waals surface area contributed by atoms with Gasteiger partial charge in [-0.3, -0.25) is 0 Å². The molecule has 0 aliphatic heterocycles. The third-order valence-corrected chi connectivity index (χ3v) is 2.46. The largest absolute Gasteiger partial charge is 0.490 e. The van der Waals surface area contributed by atoms with Crippen molar-refractivity contribution in [3.05, 3.63) is 36.0 Å². The van der Waals surface area contributed by atoms with Gasteiger partial charge in [-0.1, -0.05) is 19.1 Å². The van der Waals surface area contributed by atoms with E-state index in [0.717, 1.165) is 12.0 Å². The fourth-order valence-electron chi connectivity index (χ4n) is 1.51. The van der Waals surface area contributed by atoms with Gasteiger partial charge in [0.25, 0.3) is 0 Å². The minimum Gasteiger partial charge on any atom is -0.490 e. The Hall–Kier alpha value is -2.30. The van der Waals surface area contributed by atoms with Crippen molar-refractivity contribution in [2.45, 2.75) is 20.3 Å². The van der Waals surface area contributed by atoms with E-state index < -0.39 is 0 Å². The lowest BCUT2D eigenvalue weighted by Crippen LogP contribution is -2.01. The van der Waals surface area contributed by atoms with Crippen LogP contribution in [0.4, 0.5) is 5.95 Å². The van der Waals surface area contributed by atoms with Gasteiger partial charge in [0.05, 0.1) is 6.61 Å². The first kappa shape index (κ1) is 13.1. The van der Waals surface area contributed by atoms with E-state index in [1.807, 2.05) is 31.2 Å². The van der Waals surface area contributed by atoms with Gasteiger partial charge in [0.15, 0.2) is 11.5 Å². The fraction of sp³-hybridized carbons (Fsp3) is 0.286.